The summed E-state index contributed by atoms with van der Waals surface area (Å²) in [5.74, 6) is 0.116. The molecule has 1 atom stereocenters. The average molecular weight is 671 g/mol. The summed E-state index contributed by atoms with van der Waals surface area (Å²) in [6, 6.07) is 17.8. The molecule has 0 spiro atoms. The Hall–Kier alpha value is -3.77. The predicted molar refractivity (Wildman–Crippen MR) is 160 cm³/mol. The zero-order valence-electron chi connectivity index (χ0n) is 21.8. The van der Waals surface area contributed by atoms with Gasteiger partial charge in [0, 0.05) is 5.56 Å². The van der Waals surface area contributed by atoms with E-state index in [9.17, 15) is 14.0 Å². The van der Waals surface area contributed by atoms with Crippen molar-refractivity contribution in [2.45, 2.75) is 13.0 Å². The molecule has 0 amide bonds. The van der Waals surface area contributed by atoms with Gasteiger partial charge in [0.05, 0.1) is 46.2 Å². The minimum atomic E-state index is -0.876. The highest BCUT2D eigenvalue weighted by Gasteiger charge is 2.35. The Kier molecular flexibility index (Phi) is 8.17. The molecule has 0 fully saturated rings. The molecule has 7 nitrogen and oxygen atoms in total. The van der Waals surface area contributed by atoms with Gasteiger partial charge in [-0.3, -0.25) is 9.36 Å². The second kappa shape index (κ2) is 11.8. The highest BCUT2D eigenvalue weighted by Crippen LogP contribution is 2.36. The molecule has 40 heavy (non-hydrogen) atoms. The Labute approximate surface area is 247 Å². The first kappa shape index (κ1) is 27.8. The zero-order chi connectivity index (χ0) is 28.4. The lowest BCUT2D eigenvalue weighted by Crippen LogP contribution is -2.40. The van der Waals surface area contributed by atoms with Crippen molar-refractivity contribution in [1.82, 2.24) is 4.57 Å². The van der Waals surface area contributed by atoms with E-state index in [1.165, 1.54) is 28.0 Å². The van der Waals surface area contributed by atoms with Gasteiger partial charge in [-0.1, -0.05) is 53.8 Å². The molecule has 0 saturated heterocycles. The molecule has 0 N–H and O–H groups in total. The first-order valence-corrected chi connectivity index (χ1v) is 14.2. The zero-order valence-corrected chi connectivity index (χ0v) is 24.8. The number of carbonyl (C=O) groups excluding carboxylic acids is 1. The number of ether oxygens (including phenoxy) is 3. The summed E-state index contributed by atoms with van der Waals surface area (Å²) in [6.07, 6.45) is 1.76. The molecule has 204 valence electrons. The lowest BCUT2D eigenvalue weighted by atomic mass is 9.93. The van der Waals surface area contributed by atoms with Crippen molar-refractivity contribution < 1.29 is 23.4 Å². The second-order valence-electron chi connectivity index (χ2n) is 8.72. The summed E-state index contributed by atoms with van der Waals surface area (Å²) >= 11 is 3.36. The number of fused-ring (bicyclic) bond motifs is 1. The van der Waals surface area contributed by atoms with E-state index in [2.05, 4.69) is 22.6 Å². The number of hydrogen-bond acceptors (Lipinski definition) is 7. The van der Waals surface area contributed by atoms with E-state index in [1.807, 2.05) is 36.4 Å². The molecule has 1 aliphatic rings. The van der Waals surface area contributed by atoms with Crippen LogP contribution in [0.3, 0.4) is 0 Å². The summed E-state index contributed by atoms with van der Waals surface area (Å²) < 4.78 is 33.0. The maximum absolute atomic E-state index is 14.0. The number of aromatic nitrogens is 1. The van der Waals surface area contributed by atoms with Gasteiger partial charge in [-0.15, -0.1) is 0 Å². The quantitative estimate of drug-likeness (QED) is 0.211. The van der Waals surface area contributed by atoms with Gasteiger partial charge in [-0.25, -0.2) is 14.2 Å². The van der Waals surface area contributed by atoms with E-state index >= 15 is 0 Å². The fraction of sp³-hybridized carbons (Fsp3) is 0.167. The lowest BCUT2D eigenvalue weighted by molar-refractivity contribution is -0.138. The fourth-order valence-electron chi connectivity index (χ4n) is 4.57. The van der Waals surface area contributed by atoms with E-state index < -0.39 is 17.8 Å². The number of halogens is 2. The monoisotopic (exact) mass is 670 g/mol. The topological polar surface area (TPSA) is 79.1 Å². The Morgan fingerprint density at radius 2 is 1.82 bits per heavy atom. The van der Waals surface area contributed by atoms with Gasteiger partial charge in [-0.2, -0.15) is 0 Å². The first-order valence-electron chi connectivity index (χ1n) is 12.3. The molecule has 0 unspecified atom stereocenters. The summed E-state index contributed by atoms with van der Waals surface area (Å²) in [6.45, 7) is 1.86. The summed E-state index contributed by atoms with van der Waals surface area (Å²) in [5, 5.41) is 0. The van der Waals surface area contributed by atoms with E-state index in [-0.39, 0.29) is 17.7 Å². The van der Waals surface area contributed by atoms with E-state index in [0.717, 1.165) is 9.13 Å². The van der Waals surface area contributed by atoms with Gasteiger partial charge in [0.2, 0.25) is 0 Å². The van der Waals surface area contributed by atoms with Crippen molar-refractivity contribution in [3.63, 3.8) is 0 Å². The van der Waals surface area contributed by atoms with Gasteiger partial charge < -0.3 is 14.2 Å². The number of carbonyl (C=O) groups is 1. The van der Waals surface area contributed by atoms with Crippen LogP contribution in [0.2, 0.25) is 0 Å². The van der Waals surface area contributed by atoms with Crippen molar-refractivity contribution in [3.05, 3.63) is 118 Å². The maximum atomic E-state index is 14.0. The van der Waals surface area contributed by atoms with Gasteiger partial charge in [0.25, 0.3) is 5.56 Å². The summed E-state index contributed by atoms with van der Waals surface area (Å²) in [5.41, 5.74) is 2.27. The van der Waals surface area contributed by atoms with Gasteiger partial charge in [0.1, 0.15) is 5.82 Å². The van der Waals surface area contributed by atoms with Crippen molar-refractivity contribution in [2.24, 2.45) is 4.99 Å². The third-order valence-corrected chi connectivity index (χ3v) is 8.10. The highest BCUT2D eigenvalue weighted by molar-refractivity contribution is 14.1. The van der Waals surface area contributed by atoms with Crippen LogP contribution in [0.15, 0.2) is 82.1 Å². The lowest BCUT2D eigenvalue weighted by Gasteiger charge is -2.25. The molecule has 0 aliphatic carbocycles. The van der Waals surface area contributed by atoms with Crippen molar-refractivity contribution >= 4 is 51.7 Å². The van der Waals surface area contributed by atoms with E-state index in [1.54, 1.807) is 45.4 Å². The van der Waals surface area contributed by atoms with Crippen molar-refractivity contribution in [1.29, 1.82) is 0 Å². The number of rotatable bonds is 7. The van der Waals surface area contributed by atoms with Crippen LogP contribution in [0.5, 0.6) is 11.5 Å². The molecule has 1 aromatic heterocycles. The molecular weight excluding hydrogens is 646 g/mol. The smallest absolute Gasteiger partial charge is 0.338 e. The average Bonchev–Trinajstić information content (AvgIpc) is 3.27. The predicted octanol–water partition coefficient (Wildman–Crippen LogP) is 4.70. The molecule has 5 rings (SSSR count). The van der Waals surface area contributed by atoms with Gasteiger partial charge in [-0.05, 0) is 71.0 Å². The minimum Gasteiger partial charge on any atom is -0.493 e. The highest BCUT2D eigenvalue weighted by atomic mass is 127. The Balaban J connectivity index is 1.81. The SMILES string of the molecule is CCOC(=O)C1=C(c2ccccc2)N=c2s/c(=C\c3cc(I)c(OC)c(OC)c3)c(=O)n2[C@H]1c1ccc(F)cc1. The normalized spacial score (nSPS) is 14.9. The van der Waals surface area contributed by atoms with Crippen molar-refractivity contribution in [3.8, 4) is 11.5 Å². The number of benzene rings is 3. The first-order chi connectivity index (χ1) is 19.4. The molecule has 0 bridgehead atoms. The van der Waals surface area contributed by atoms with Crippen molar-refractivity contribution in [2.75, 3.05) is 20.8 Å². The van der Waals surface area contributed by atoms with E-state index in [4.69, 9.17) is 19.2 Å². The standard InChI is InChI=1S/C30H24FIN2O5S/c1-4-39-29(36)24-25(18-8-6-5-7-9-18)33-30-34(26(24)19-10-12-20(31)13-11-19)28(35)23(40-30)16-17-14-21(32)27(38-3)22(15-17)37-2/h5-16,26H,4H2,1-3H3/b23-16-/t26-/m0/s1. The van der Waals surface area contributed by atoms with Crippen LogP contribution in [0.1, 0.15) is 29.7 Å². The Morgan fingerprint density at radius 3 is 2.48 bits per heavy atom. The molecule has 10 heteroatoms. The largest absolute Gasteiger partial charge is 0.493 e. The van der Waals surface area contributed by atoms with Crippen LogP contribution < -0.4 is 24.4 Å². The Bertz CT molecular complexity index is 1800. The van der Waals surface area contributed by atoms with Gasteiger partial charge >= 0.3 is 5.97 Å². The number of nitrogens with zero attached hydrogens (tertiary/aromatic N) is 2. The Morgan fingerprint density at radius 1 is 1.10 bits per heavy atom. The molecule has 3 aromatic carbocycles. The fourth-order valence-corrected chi connectivity index (χ4v) is 6.42. The second-order valence-corrected chi connectivity index (χ2v) is 10.9. The van der Waals surface area contributed by atoms with Crippen LogP contribution in [-0.2, 0) is 9.53 Å². The third kappa shape index (κ3) is 5.20. The number of thiazole rings is 1. The van der Waals surface area contributed by atoms with Crippen LogP contribution >= 0.6 is 33.9 Å². The third-order valence-electron chi connectivity index (χ3n) is 6.31. The van der Waals surface area contributed by atoms with Crippen LogP contribution in [0.4, 0.5) is 4.39 Å². The maximum Gasteiger partial charge on any atom is 0.338 e. The molecular formula is C30H24FIN2O5S. The summed E-state index contributed by atoms with van der Waals surface area (Å²) in [4.78, 5) is 32.7. The van der Waals surface area contributed by atoms with Crippen LogP contribution in [-0.4, -0.2) is 31.4 Å². The summed E-state index contributed by atoms with van der Waals surface area (Å²) in [7, 11) is 3.12. The number of esters is 1. The number of hydrogen-bond donors (Lipinski definition) is 0. The van der Waals surface area contributed by atoms with Crippen LogP contribution in [0.25, 0.3) is 11.8 Å². The molecule has 4 aromatic rings. The number of methoxy groups -OCH3 is 2. The minimum absolute atomic E-state index is 0.142. The van der Waals surface area contributed by atoms with E-state index in [0.29, 0.717) is 37.7 Å². The molecule has 2 heterocycles. The van der Waals surface area contributed by atoms with Crippen LogP contribution in [0, 0.1) is 9.39 Å². The van der Waals surface area contributed by atoms with Gasteiger partial charge in [0.15, 0.2) is 16.3 Å². The molecule has 0 radical (unpaired) electrons. The molecule has 1 aliphatic heterocycles. The molecule has 0 saturated carbocycles.